The first-order valence-electron chi connectivity index (χ1n) is 11.8. The Labute approximate surface area is 206 Å². The third kappa shape index (κ3) is 5.13. The fourth-order valence-electron chi connectivity index (χ4n) is 4.77. The van der Waals surface area contributed by atoms with E-state index >= 15 is 4.39 Å². The normalized spacial score (nSPS) is 16.5. The molecule has 2 aromatic carbocycles. The molecule has 1 heterocycles. The molecule has 0 aliphatic heterocycles. The molecular weight excluding hydrogens is 477 g/mol. The maximum absolute atomic E-state index is 16.4. The average Bonchev–Trinajstić information content (AvgIpc) is 2.82. The molecule has 0 spiro atoms. The van der Waals surface area contributed by atoms with Crippen molar-refractivity contribution in [1.29, 1.82) is 0 Å². The van der Waals surface area contributed by atoms with Gasteiger partial charge in [-0.05, 0) is 66.1 Å². The minimum absolute atomic E-state index is 0.0369. The van der Waals surface area contributed by atoms with Gasteiger partial charge in [0.25, 0.3) is 0 Å². The Morgan fingerprint density at radius 3 is 2.25 bits per heavy atom. The van der Waals surface area contributed by atoms with Crippen molar-refractivity contribution in [2.24, 2.45) is 0 Å². The van der Waals surface area contributed by atoms with Gasteiger partial charge in [0.2, 0.25) is 0 Å². The lowest BCUT2D eigenvalue weighted by Gasteiger charge is -2.31. The summed E-state index contributed by atoms with van der Waals surface area (Å²) < 4.78 is 75.1. The van der Waals surface area contributed by atoms with Crippen LogP contribution in [0.15, 0.2) is 48.5 Å². The number of fused-ring (bicyclic) bond motifs is 1. The van der Waals surface area contributed by atoms with Crippen LogP contribution in [0.3, 0.4) is 0 Å². The second-order valence-corrected chi connectivity index (χ2v) is 9.28. The van der Waals surface area contributed by atoms with Crippen molar-refractivity contribution in [3.63, 3.8) is 0 Å². The van der Waals surface area contributed by atoms with Crippen LogP contribution in [0.5, 0.6) is 0 Å². The molecule has 0 fully saturated rings. The zero-order valence-electron chi connectivity index (χ0n) is 20.1. The van der Waals surface area contributed by atoms with E-state index in [0.717, 1.165) is 30.7 Å². The summed E-state index contributed by atoms with van der Waals surface area (Å²) in [5.41, 5.74) is 2.02. The lowest BCUT2D eigenvalue weighted by atomic mass is 9.80. The molecule has 0 radical (unpaired) electrons. The topological polar surface area (TPSA) is 39.2 Å². The number of nitrogens with zero attached hydrogens (tertiary/aromatic N) is 1. The highest BCUT2D eigenvalue weighted by molar-refractivity contribution is 5.76. The van der Waals surface area contributed by atoms with Gasteiger partial charge in [0.05, 0.1) is 11.3 Å². The average molecular weight is 504 g/mol. The summed E-state index contributed by atoms with van der Waals surface area (Å²) in [4.78, 5) is 16.7. The van der Waals surface area contributed by atoms with Gasteiger partial charge in [-0.15, -0.1) is 0 Å². The highest BCUT2D eigenvalue weighted by atomic mass is 19.4. The van der Waals surface area contributed by atoms with Gasteiger partial charge in [-0.2, -0.15) is 13.2 Å². The van der Waals surface area contributed by atoms with Gasteiger partial charge < -0.3 is 4.74 Å². The molecule has 3 nitrogen and oxygen atoms in total. The molecule has 4 rings (SSSR count). The fourth-order valence-corrected chi connectivity index (χ4v) is 4.77. The molecule has 1 aliphatic rings. The van der Waals surface area contributed by atoms with E-state index in [1.807, 2.05) is 13.8 Å². The van der Waals surface area contributed by atoms with Crippen molar-refractivity contribution in [3.05, 3.63) is 88.0 Å². The Morgan fingerprint density at radius 1 is 1.06 bits per heavy atom. The molecule has 0 saturated heterocycles. The maximum atomic E-state index is 16.4. The van der Waals surface area contributed by atoms with E-state index in [4.69, 9.17) is 9.72 Å². The third-order valence-corrected chi connectivity index (χ3v) is 6.35. The monoisotopic (exact) mass is 503 g/mol. The molecule has 0 bridgehead atoms. The van der Waals surface area contributed by atoms with E-state index < -0.39 is 35.8 Å². The van der Waals surface area contributed by atoms with Crippen molar-refractivity contribution in [2.75, 3.05) is 0 Å². The Kier molecular flexibility index (Phi) is 7.16. The lowest BCUT2D eigenvalue weighted by Crippen LogP contribution is -2.21. The number of esters is 1. The standard InChI is InChI=1S/C28H26F5NO2/c1-15(2)27-25(26(30)18-7-11-19(12-8-18)28(31,32)33)23(17-9-13-20(29)14-10-17)24-21(34-27)5-4-6-22(24)36-16(3)35/h7-15,22,26H,4-6H2,1-3H3. The molecule has 2 atom stereocenters. The van der Waals surface area contributed by atoms with Crippen LogP contribution in [-0.4, -0.2) is 11.0 Å². The largest absolute Gasteiger partial charge is 0.458 e. The van der Waals surface area contributed by atoms with Crippen molar-refractivity contribution >= 4 is 5.97 Å². The quantitative estimate of drug-likeness (QED) is 0.261. The van der Waals surface area contributed by atoms with Crippen molar-refractivity contribution in [2.45, 2.75) is 64.4 Å². The number of aryl methyl sites for hydroxylation is 1. The number of benzene rings is 2. The Hall–Kier alpha value is -3.29. The highest BCUT2D eigenvalue weighted by Crippen LogP contribution is 2.47. The molecule has 0 saturated carbocycles. The van der Waals surface area contributed by atoms with Crippen molar-refractivity contribution in [3.8, 4) is 11.1 Å². The zero-order chi connectivity index (χ0) is 26.2. The molecule has 3 aromatic rings. The summed E-state index contributed by atoms with van der Waals surface area (Å²) in [6.45, 7) is 5.01. The second kappa shape index (κ2) is 9.99. The number of halogens is 5. The molecule has 8 heteroatoms. The minimum atomic E-state index is -4.54. The third-order valence-electron chi connectivity index (χ3n) is 6.35. The molecule has 0 N–H and O–H groups in total. The summed E-state index contributed by atoms with van der Waals surface area (Å²) >= 11 is 0. The van der Waals surface area contributed by atoms with Crippen LogP contribution in [0.25, 0.3) is 11.1 Å². The zero-order valence-corrected chi connectivity index (χ0v) is 20.1. The molecule has 0 amide bonds. The Morgan fingerprint density at radius 2 is 1.69 bits per heavy atom. The van der Waals surface area contributed by atoms with Crippen LogP contribution in [0, 0.1) is 5.82 Å². The first-order valence-corrected chi connectivity index (χ1v) is 11.8. The number of aromatic nitrogens is 1. The van der Waals surface area contributed by atoms with Gasteiger partial charge in [0.1, 0.15) is 11.9 Å². The molecule has 2 unspecified atom stereocenters. The van der Waals surface area contributed by atoms with E-state index in [0.29, 0.717) is 40.9 Å². The van der Waals surface area contributed by atoms with E-state index in [2.05, 4.69) is 0 Å². The maximum Gasteiger partial charge on any atom is 0.416 e. The van der Waals surface area contributed by atoms with Gasteiger partial charge in [-0.25, -0.2) is 8.78 Å². The van der Waals surface area contributed by atoms with Crippen LogP contribution in [0.2, 0.25) is 0 Å². The first-order chi connectivity index (χ1) is 17.0. The number of hydrogen-bond donors (Lipinski definition) is 0. The number of ether oxygens (including phenoxy) is 1. The van der Waals surface area contributed by atoms with Gasteiger partial charge in [-0.3, -0.25) is 9.78 Å². The fraction of sp³-hybridized carbons (Fsp3) is 0.357. The number of rotatable bonds is 5. The van der Waals surface area contributed by atoms with Gasteiger partial charge in [0, 0.05) is 23.7 Å². The number of pyridine rings is 1. The number of alkyl halides is 4. The Bertz CT molecular complexity index is 1250. The number of carbonyl (C=O) groups is 1. The first kappa shape index (κ1) is 25.8. The van der Waals surface area contributed by atoms with Crippen LogP contribution in [0.1, 0.15) is 85.4 Å². The van der Waals surface area contributed by atoms with E-state index in [9.17, 15) is 22.4 Å². The second-order valence-electron chi connectivity index (χ2n) is 9.28. The predicted molar refractivity (Wildman–Crippen MR) is 126 cm³/mol. The number of carbonyl (C=O) groups excluding carboxylic acids is 1. The van der Waals surface area contributed by atoms with Gasteiger partial charge in [0.15, 0.2) is 6.17 Å². The highest BCUT2D eigenvalue weighted by Gasteiger charge is 2.35. The molecule has 190 valence electrons. The smallest absolute Gasteiger partial charge is 0.416 e. The van der Waals surface area contributed by atoms with Crippen LogP contribution in [0.4, 0.5) is 22.0 Å². The number of hydrogen-bond acceptors (Lipinski definition) is 3. The molecule has 1 aliphatic carbocycles. The summed E-state index contributed by atoms with van der Waals surface area (Å²) in [6.07, 6.45) is -5.20. The van der Waals surface area contributed by atoms with Gasteiger partial charge in [-0.1, -0.05) is 38.1 Å². The SMILES string of the molecule is CC(=O)OC1CCCc2nc(C(C)C)c(C(F)c3ccc(C(F)(F)F)cc3)c(-c3ccc(F)cc3)c21. The Balaban J connectivity index is 2.00. The molecule has 1 aromatic heterocycles. The van der Waals surface area contributed by atoms with Crippen LogP contribution in [-0.2, 0) is 22.1 Å². The van der Waals surface area contributed by atoms with Crippen molar-refractivity contribution < 1.29 is 31.5 Å². The van der Waals surface area contributed by atoms with E-state index in [-0.39, 0.29) is 17.0 Å². The molecular formula is C28H26F5NO2. The summed E-state index contributed by atoms with van der Waals surface area (Å²) in [6, 6.07) is 9.51. The summed E-state index contributed by atoms with van der Waals surface area (Å²) in [7, 11) is 0. The molecule has 36 heavy (non-hydrogen) atoms. The van der Waals surface area contributed by atoms with Crippen molar-refractivity contribution in [1.82, 2.24) is 4.98 Å². The minimum Gasteiger partial charge on any atom is -0.458 e. The lowest BCUT2D eigenvalue weighted by molar-refractivity contribution is -0.147. The van der Waals surface area contributed by atoms with E-state index in [1.54, 1.807) is 0 Å². The van der Waals surface area contributed by atoms with Gasteiger partial charge >= 0.3 is 12.1 Å². The van der Waals surface area contributed by atoms with Crippen LogP contribution < -0.4 is 0 Å². The predicted octanol–water partition coefficient (Wildman–Crippen LogP) is 8.03. The van der Waals surface area contributed by atoms with E-state index in [1.165, 1.54) is 31.2 Å². The van der Waals surface area contributed by atoms with Crippen LogP contribution >= 0.6 is 0 Å². The summed E-state index contributed by atoms with van der Waals surface area (Å²) in [5, 5.41) is 0. The summed E-state index contributed by atoms with van der Waals surface area (Å²) in [5.74, 6) is -1.18.